The minimum absolute atomic E-state index is 0.0846. The normalized spacial score (nSPS) is 10.1. The van der Waals surface area contributed by atoms with Crippen molar-refractivity contribution in [2.45, 2.75) is 0 Å². The summed E-state index contributed by atoms with van der Waals surface area (Å²) in [7, 11) is 1.75. The highest BCUT2D eigenvalue weighted by Crippen LogP contribution is 1.87. The average molecular weight is 195 g/mol. The molecule has 0 fully saturated rings. The Balaban J connectivity index is 3.02. The minimum atomic E-state index is -0.0846. The Labute approximate surface area is 77.1 Å². The van der Waals surface area contributed by atoms with Gasteiger partial charge >= 0.3 is 0 Å². The van der Waals surface area contributed by atoms with E-state index in [2.05, 4.69) is 35.6 Å². The summed E-state index contributed by atoms with van der Waals surface area (Å²) in [6, 6.07) is 0. The molecule has 0 spiro atoms. The van der Waals surface area contributed by atoms with Crippen molar-refractivity contribution in [1.29, 1.82) is 5.41 Å². The molecule has 0 aliphatic heterocycles. The number of hydrogen-bond acceptors (Lipinski definition) is 4. The van der Waals surface area contributed by atoms with Crippen molar-refractivity contribution < 1.29 is 0 Å². The lowest BCUT2D eigenvalue weighted by Crippen LogP contribution is -2.17. The predicted octanol–water partition coefficient (Wildman–Crippen LogP) is -1.16. The fraction of sp³-hybridized carbons (Fsp3) is 0.200. The Hall–Kier alpha value is -2.32. The summed E-state index contributed by atoms with van der Waals surface area (Å²) < 4.78 is 1.63. The highest BCUT2D eigenvalue weighted by molar-refractivity contribution is 5.33. The molecule has 74 valence electrons. The second kappa shape index (κ2) is 3.20. The number of nitrogens with one attached hydrogen (secondary N) is 5. The number of aryl methyl sites for hydroxylation is 1. The summed E-state index contributed by atoms with van der Waals surface area (Å²) in [6.45, 7) is 0. The summed E-state index contributed by atoms with van der Waals surface area (Å²) >= 11 is 0. The van der Waals surface area contributed by atoms with Crippen LogP contribution >= 0.6 is 0 Å². The maximum atomic E-state index is 7.34. The maximum absolute atomic E-state index is 7.34. The highest BCUT2D eigenvalue weighted by atomic mass is 15.4. The fourth-order valence-corrected chi connectivity index (χ4v) is 0.943. The van der Waals surface area contributed by atoms with Gasteiger partial charge in [0.25, 0.3) is 0 Å². The van der Waals surface area contributed by atoms with Crippen LogP contribution in [0.4, 0.5) is 0 Å². The van der Waals surface area contributed by atoms with Gasteiger partial charge in [0.2, 0.25) is 17.2 Å². The molecule has 2 bridgehead atoms. The van der Waals surface area contributed by atoms with Gasteiger partial charge in [0.1, 0.15) is 6.33 Å². The molecule has 0 radical (unpaired) electrons. The first-order valence-corrected chi connectivity index (χ1v) is 3.81. The van der Waals surface area contributed by atoms with E-state index in [0.717, 1.165) is 0 Å². The molecular formula is C5H9N9. The van der Waals surface area contributed by atoms with Gasteiger partial charge in [0.15, 0.2) is 0 Å². The lowest BCUT2D eigenvalue weighted by Gasteiger charge is -1.99. The Morgan fingerprint density at radius 3 is 2.79 bits per heavy atom. The van der Waals surface area contributed by atoms with Crippen LogP contribution in [0.1, 0.15) is 0 Å². The predicted molar refractivity (Wildman–Crippen MR) is 46.0 cm³/mol. The van der Waals surface area contributed by atoms with Crippen LogP contribution in [0.2, 0.25) is 0 Å². The van der Waals surface area contributed by atoms with Crippen LogP contribution in [-0.4, -0.2) is 40.1 Å². The highest BCUT2D eigenvalue weighted by Gasteiger charge is 1.95. The second-order valence-corrected chi connectivity index (χ2v) is 2.52. The monoisotopic (exact) mass is 195 g/mol. The smallest absolute Gasteiger partial charge is 0.248 e. The van der Waals surface area contributed by atoms with Crippen molar-refractivity contribution in [1.82, 2.24) is 40.1 Å². The lowest BCUT2D eigenvalue weighted by atomic mass is 10.8. The third-order valence-electron chi connectivity index (χ3n) is 1.60. The van der Waals surface area contributed by atoms with E-state index in [1.807, 2.05) is 0 Å². The molecule has 9 heteroatoms. The number of nitrogens with zero attached hydrogens (tertiary/aromatic N) is 4. The summed E-state index contributed by atoms with van der Waals surface area (Å²) in [6.07, 6.45) is 1.40. The number of H-pyrrole nitrogens is 4. The van der Waals surface area contributed by atoms with Gasteiger partial charge in [-0.2, -0.15) is 9.97 Å². The van der Waals surface area contributed by atoms with Gasteiger partial charge in [0, 0.05) is 7.05 Å². The van der Waals surface area contributed by atoms with E-state index >= 15 is 0 Å². The third-order valence-corrected chi connectivity index (χ3v) is 1.60. The summed E-state index contributed by atoms with van der Waals surface area (Å²) in [4.78, 5) is 7.71. The number of fused-ring (bicyclic) bond motifs is 2. The maximum Gasteiger partial charge on any atom is 0.248 e. The molecular weight excluding hydrogens is 186 g/mol. The van der Waals surface area contributed by atoms with E-state index in [4.69, 9.17) is 5.41 Å². The molecule has 2 aromatic heterocycles. The number of hydrogen-bond donors (Lipinski definition) is 5. The molecule has 0 amide bonds. The molecule has 0 saturated carbocycles. The number of aromatic nitrogens is 8. The Morgan fingerprint density at radius 2 is 2.00 bits per heavy atom. The second-order valence-electron chi connectivity index (χ2n) is 2.52. The molecule has 2 aromatic rings. The molecule has 0 aliphatic rings. The first-order valence-electron chi connectivity index (χ1n) is 3.81. The van der Waals surface area contributed by atoms with Crippen LogP contribution in [0.15, 0.2) is 6.33 Å². The average Bonchev–Trinajstić information content (AvgIpc) is 2.23. The third kappa shape index (κ3) is 1.42. The Morgan fingerprint density at radius 1 is 1.29 bits per heavy atom. The van der Waals surface area contributed by atoms with Crippen LogP contribution < -0.4 is 5.62 Å². The van der Waals surface area contributed by atoms with Crippen molar-refractivity contribution >= 4 is 11.6 Å². The Bertz CT molecular complexity index is 498. The molecule has 2 heterocycles. The summed E-state index contributed by atoms with van der Waals surface area (Å²) in [5.74, 6) is 0.899. The van der Waals surface area contributed by atoms with Gasteiger partial charge in [-0.25, -0.2) is 5.21 Å². The van der Waals surface area contributed by atoms with Crippen molar-refractivity contribution in [2.24, 2.45) is 7.05 Å². The van der Waals surface area contributed by atoms with E-state index in [1.165, 1.54) is 6.33 Å². The molecule has 0 aromatic carbocycles. The van der Waals surface area contributed by atoms with Crippen molar-refractivity contribution in [3.05, 3.63) is 11.9 Å². The van der Waals surface area contributed by atoms with Crippen LogP contribution in [0.5, 0.6) is 0 Å². The molecule has 9 nitrogen and oxygen atoms in total. The van der Waals surface area contributed by atoms with Gasteiger partial charge in [-0.05, 0) is 0 Å². The van der Waals surface area contributed by atoms with E-state index in [-0.39, 0.29) is 5.62 Å². The Kier molecular flexibility index (Phi) is 1.89. The SMILES string of the molecule is Cn1c2nc(=N)nc1[nH][nH]nc[nH][nH]2. The number of rotatable bonds is 0. The molecule has 0 aliphatic carbocycles. The topological polar surface area (TPSA) is 131 Å². The van der Waals surface area contributed by atoms with E-state index in [0.29, 0.717) is 11.6 Å². The van der Waals surface area contributed by atoms with Crippen LogP contribution in [0, 0.1) is 5.41 Å². The van der Waals surface area contributed by atoms with Crippen molar-refractivity contribution in [3.8, 4) is 0 Å². The van der Waals surface area contributed by atoms with Crippen LogP contribution in [-0.2, 0) is 7.05 Å². The zero-order valence-electron chi connectivity index (χ0n) is 7.37. The van der Waals surface area contributed by atoms with Gasteiger partial charge in [0.05, 0.1) is 0 Å². The first-order chi connectivity index (χ1) is 6.77. The van der Waals surface area contributed by atoms with E-state index in [9.17, 15) is 0 Å². The quantitative estimate of drug-likeness (QED) is 0.363. The van der Waals surface area contributed by atoms with E-state index in [1.54, 1.807) is 11.6 Å². The largest absolute Gasteiger partial charge is 0.286 e. The lowest BCUT2D eigenvalue weighted by molar-refractivity contribution is 0.798. The van der Waals surface area contributed by atoms with Gasteiger partial charge in [-0.3, -0.25) is 25.3 Å². The van der Waals surface area contributed by atoms with Gasteiger partial charge < -0.3 is 0 Å². The zero-order valence-corrected chi connectivity index (χ0v) is 7.37. The molecule has 0 saturated heterocycles. The van der Waals surface area contributed by atoms with Gasteiger partial charge in [-0.15, -0.1) is 5.10 Å². The minimum Gasteiger partial charge on any atom is -0.286 e. The van der Waals surface area contributed by atoms with Crippen molar-refractivity contribution in [2.75, 3.05) is 0 Å². The molecule has 14 heavy (non-hydrogen) atoms. The summed E-state index contributed by atoms with van der Waals surface area (Å²) in [5, 5.41) is 21.7. The fourth-order valence-electron chi connectivity index (χ4n) is 0.943. The molecule has 0 atom stereocenters. The summed E-state index contributed by atoms with van der Waals surface area (Å²) in [5.41, 5.74) is -0.0846. The molecule has 0 unspecified atom stereocenters. The first kappa shape index (κ1) is 8.29. The molecule has 5 N–H and O–H groups in total. The van der Waals surface area contributed by atoms with Crippen LogP contribution in [0.3, 0.4) is 0 Å². The molecule has 2 rings (SSSR count). The standard InChI is InChI=1S/C5H9N9/c1-14-4-9-3(6)10-5(14)12-13-8-2-7-11-4/h2,13H,1H3,(H,7,8)(H3,6,9,10,11,12). The van der Waals surface area contributed by atoms with Crippen molar-refractivity contribution in [3.63, 3.8) is 0 Å². The van der Waals surface area contributed by atoms with Gasteiger partial charge in [-0.1, -0.05) is 0 Å². The number of aromatic amines is 4. The van der Waals surface area contributed by atoms with Crippen LogP contribution in [0.25, 0.3) is 11.6 Å². The van der Waals surface area contributed by atoms with E-state index < -0.39 is 0 Å². The zero-order chi connectivity index (χ0) is 9.97.